The summed E-state index contributed by atoms with van der Waals surface area (Å²) in [7, 11) is 0.750. The maximum Gasteiger partial charge on any atom is 1.00 e. The Bertz CT molecular complexity index is 154. The first-order valence-electron chi connectivity index (χ1n) is 7.41. The molecule has 24 heavy (non-hydrogen) atoms. The molecule has 0 rings (SSSR count). The smallest absolute Gasteiger partial charge is 0.857 e. The SMILES string of the molecule is CCCCC[C@@H](C)CO.C[O-].Cl.Cl.Cl.NCCNC[C@@H](N)CO.[Na+]. The molecule has 0 aromatic rings. The predicted octanol–water partition coefficient (Wildman–Crippen LogP) is -2.70. The molecule has 0 amide bonds. The van der Waals surface area contributed by atoms with Gasteiger partial charge in [-0.2, -0.15) is 7.11 Å². The number of nitrogens with two attached hydrogens (primary N) is 2. The van der Waals surface area contributed by atoms with Gasteiger partial charge < -0.3 is 32.1 Å². The summed E-state index contributed by atoms with van der Waals surface area (Å²) in [4.78, 5) is 0. The van der Waals surface area contributed by atoms with Gasteiger partial charge in [-0.15, -0.1) is 37.2 Å². The van der Waals surface area contributed by atoms with Crippen LogP contribution in [0.25, 0.3) is 0 Å². The molecule has 2 atom stereocenters. The first kappa shape index (κ1) is 44.8. The topological polar surface area (TPSA) is 128 Å². The van der Waals surface area contributed by atoms with Gasteiger partial charge >= 0.3 is 29.6 Å². The molecule has 0 aromatic heterocycles. The van der Waals surface area contributed by atoms with Crippen LogP contribution in [0.15, 0.2) is 0 Å². The van der Waals surface area contributed by atoms with E-state index in [-0.39, 0.29) is 79.4 Å². The summed E-state index contributed by atoms with van der Waals surface area (Å²) in [5.41, 5.74) is 10.6. The maximum atomic E-state index is 8.63. The summed E-state index contributed by atoms with van der Waals surface area (Å²) < 4.78 is 0. The Morgan fingerprint density at radius 3 is 1.88 bits per heavy atom. The molecule has 0 aliphatic carbocycles. The van der Waals surface area contributed by atoms with E-state index in [0.29, 0.717) is 25.6 Å². The van der Waals surface area contributed by atoms with Crippen molar-refractivity contribution in [2.24, 2.45) is 17.4 Å². The second kappa shape index (κ2) is 44.2. The van der Waals surface area contributed by atoms with Gasteiger partial charge in [-0.05, 0) is 12.3 Å². The van der Waals surface area contributed by atoms with E-state index in [1.54, 1.807) is 0 Å². The van der Waals surface area contributed by atoms with Crippen LogP contribution in [0.1, 0.15) is 39.5 Å². The molecule has 150 valence electrons. The van der Waals surface area contributed by atoms with Crippen molar-refractivity contribution in [3.05, 3.63) is 0 Å². The minimum absolute atomic E-state index is 0. The van der Waals surface area contributed by atoms with E-state index in [1.807, 2.05) is 0 Å². The van der Waals surface area contributed by atoms with Crippen molar-refractivity contribution in [1.82, 2.24) is 5.32 Å². The van der Waals surface area contributed by atoms with E-state index in [0.717, 1.165) is 13.7 Å². The minimum Gasteiger partial charge on any atom is -0.857 e. The standard InChI is InChI=1S/C8H18O.C5H15N3O.CH3O.3ClH.Na/c1-3-4-5-6-8(2)7-9;6-1-2-8-3-5(7)4-9;1-2;;;;/h8-9H,3-7H2,1-2H3;5,8-9H,1-4,6-7H2;1H3;3*1H;/q;;-1;;;;+1/t8-;5-;;;;;/m11...../s1. The normalized spacial score (nSPS) is 10.5. The van der Waals surface area contributed by atoms with Crippen LogP contribution in [-0.4, -0.2) is 56.2 Å². The molecule has 0 radical (unpaired) electrons. The molecule has 0 unspecified atom stereocenters. The monoisotopic (exact) mass is 425 g/mol. The van der Waals surface area contributed by atoms with Crippen LogP contribution in [-0.2, 0) is 0 Å². The van der Waals surface area contributed by atoms with Crippen LogP contribution >= 0.6 is 37.2 Å². The van der Waals surface area contributed by atoms with Crippen LogP contribution in [0.3, 0.4) is 0 Å². The molecule has 0 saturated heterocycles. The number of hydrogen-bond acceptors (Lipinski definition) is 6. The van der Waals surface area contributed by atoms with Crippen molar-refractivity contribution < 1.29 is 44.9 Å². The molecule has 0 aromatic carbocycles. The number of unbranched alkanes of at least 4 members (excludes halogenated alkanes) is 2. The third kappa shape index (κ3) is 49.5. The summed E-state index contributed by atoms with van der Waals surface area (Å²) in [5.74, 6) is 0.511. The van der Waals surface area contributed by atoms with Gasteiger partial charge in [-0.25, -0.2) is 0 Å². The van der Waals surface area contributed by atoms with Gasteiger partial charge in [0.1, 0.15) is 0 Å². The van der Waals surface area contributed by atoms with Crippen molar-refractivity contribution in [2.45, 2.75) is 45.6 Å². The molecule has 0 fully saturated rings. The van der Waals surface area contributed by atoms with Crippen LogP contribution < -0.4 is 51.4 Å². The largest absolute Gasteiger partial charge is 1.00 e. The Labute approximate surface area is 189 Å². The van der Waals surface area contributed by atoms with E-state index >= 15 is 0 Å². The van der Waals surface area contributed by atoms with Crippen LogP contribution in [0.5, 0.6) is 0 Å². The van der Waals surface area contributed by atoms with Gasteiger partial charge in [0.15, 0.2) is 0 Å². The molecular formula is C14H39Cl3N3NaO3. The van der Waals surface area contributed by atoms with Crippen molar-refractivity contribution in [2.75, 3.05) is 40.0 Å². The predicted molar refractivity (Wildman–Crippen MR) is 105 cm³/mol. The Balaban J connectivity index is -0.0000000378. The molecule has 0 bridgehead atoms. The second-order valence-electron chi connectivity index (χ2n) is 4.72. The number of aliphatic hydroxyl groups is 2. The average molecular weight is 427 g/mol. The molecule has 0 spiro atoms. The molecular weight excluding hydrogens is 388 g/mol. The van der Waals surface area contributed by atoms with E-state index in [9.17, 15) is 0 Å². The van der Waals surface area contributed by atoms with Gasteiger partial charge in [0.05, 0.1) is 6.61 Å². The van der Waals surface area contributed by atoms with Crippen molar-refractivity contribution >= 4 is 37.2 Å². The first-order valence-corrected chi connectivity index (χ1v) is 7.41. The number of nitrogens with one attached hydrogen (secondary N) is 1. The van der Waals surface area contributed by atoms with E-state index < -0.39 is 0 Å². The van der Waals surface area contributed by atoms with Crippen molar-refractivity contribution in [3.63, 3.8) is 0 Å². The zero-order valence-corrected chi connectivity index (χ0v) is 20.2. The van der Waals surface area contributed by atoms with Crippen LogP contribution in [0, 0.1) is 5.92 Å². The third-order valence-electron chi connectivity index (χ3n) is 2.57. The first-order chi connectivity index (χ1) is 9.62. The summed E-state index contributed by atoms with van der Waals surface area (Å²) in [6.07, 6.45) is 5.05. The molecule has 10 heteroatoms. The number of halogens is 3. The summed E-state index contributed by atoms with van der Waals surface area (Å²) >= 11 is 0. The molecule has 0 aliphatic rings. The van der Waals surface area contributed by atoms with Crippen LogP contribution in [0.2, 0.25) is 0 Å². The quantitative estimate of drug-likeness (QED) is 0.191. The Morgan fingerprint density at radius 2 is 1.54 bits per heavy atom. The minimum atomic E-state index is -0.156. The fourth-order valence-corrected chi connectivity index (χ4v) is 1.29. The summed E-state index contributed by atoms with van der Waals surface area (Å²) in [6.45, 7) is 6.67. The Hall–Kier alpha value is 1.63. The van der Waals surface area contributed by atoms with Gasteiger partial charge in [0, 0.05) is 32.3 Å². The second-order valence-corrected chi connectivity index (χ2v) is 4.72. The van der Waals surface area contributed by atoms with Crippen LogP contribution in [0.4, 0.5) is 0 Å². The van der Waals surface area contributed by atoms with E-state index in [1.165, 1.54) is 25.7 Å². The molecule has 0 heterocycles. The van der Waals surface area contributed by atoms with E-state index in [4.69, 9.17) is 26.8 Å². The van der Waals surface area contributed by atoms with E-state index in [2.05, 4.69) is 19.2 Å². The summed E-state index contributed by atoms with van der Waals surface area (Å²) in [6, 6.07) is -0.156. The Morgan fingerprint density at radius 1 is 1.04 bits per heavy atom. The maximum absolute atomic E-state index is 8.63. The Kier molecular flexibility index (Phi) is 82.6. The fraction of sp³-hybridized carbons (Fsp3) is 1.00. The summed E-state index contributed by atoms with van der Waals surface area (Å²) in [5, 5.41) is 28.3. The van der Waals surface area contributed by atoms with Crippen molar-refractivity contribution in [1.29, 1.82) is 0 Å². The molecule has 0 aliphatic heterocycles. The van der Waals surface area contributed by atoms with Gasteiger partial charge in [0.25, 0.3) is 0 Å². The van der Waals surface area contributed by atoms with Gasteiger partial charge in [-0.3, -0.25) is 0 Å². The number of hydrogen-bond donors (Lipinski definition) is 5. The van der Waals surface area contributed by atoms with Gasteiger partial charge in [0.2, 0.25) is 0 Å². The zero-order chi connectivity index (χ0) is 16.2. The molecule has 0 saturated carbocycles. The van der Waals surface area contributed by atoms with Gasteiger partial charge in [-0.1, -0.05) is 33.1 Å². The average Bonchev–Trinajstić information content (AvgIpc) is 2.50. The molecule has 7 N–H and O–H groups in total. The third-order valence-corrected chi connectivity index (χ3v) is 2.57. The zero-order valence-electron chi connectivity index (χ0n) is 15.7. The number of aliphatic hydroxyl groups excluding tert-OH is 2. The number of rotatable bonds is 10. The fourth-order valence-electron chi connectivity index (χ4n) is 1.29. The van der Waals surface area contributed by atoms with Crippen molar-refractivity contribution in [3.8, 4) is 0 Å². The molecule has 6 nitrogen and oxygen atoms in total.